The highest BCUT2D eigenvalue weighted by Crippen LogP contribution is 2.38. The molecule has 78 valence electrons. The van der Waals surface area contributed by atoms with Gasteiger partial charge in [-0.15, -0.1) is 11.8 Å². The molecule has 1 rings (SSSR count). The van der Waals surface area contributed by atoms with Crippen molar-refractivity contribution in [2.75, 3.05) is 26.5 Å². The van der Waals surface area contributed by atoms with Crippen molar-refractivity contribution in [2.24, 2.45) is 0 Å². The van der Waals surface area contributed by atoms with Crippen LogP contribution in [-0.2, 0) is 4.74 Å². The fraction of sp³-hybridized carbons (Fsp3) is 1.00. The van der Waals surface area contributed by atoms with Gasteiger partial charge in [-0.1, -0.05) is 0 Å². The molecule has 0 heterocycles. The largest absolute Gasteiger partial charge is 0.374 e. The smallest absolute Gasteiger partial charge is 0.0657 e. The number of hydrogen-bond donors (Lipinski definition) is 0. The fourth-order valence-corrected chi connectivity index (χ4v) is 1.58. The summed E-state index contributed by atoms with van der Waals surface area (Å²) >= 11 is 1.88. The second-order valence-corrected chi connectivity index (χ2v) is 5.27. The van der Waals surface area contributed by atoms with Gasteiger partial charge < -0.3 is 4.74 Å². The third-order valence-electron chi connectivity index (χ3n) is 2.81. The predicted molar refractivity (Wildman–Crippen MR) is 59.2 cm³/mol. The summed E-state index contributed by atoms with van der Waals surface area (Å²) in [5.74, 6) is 0. The molecule has 0 aromatic heterocycles. The van der Waals surface area contributed by atoms with Crippen LogP contribution in [0.4, 0.5) is 0 Å². The van der Waals surface area contributed by atoms with Gasteiger partial charge in [-0.25, -0.2) is 0 Å². The lowest BCUT2D eigenvalue weighted by atomic mass is 10.4. The van der Waals surface area contributed by atoms with Crippen molar-refractivity contribution in [1.29, 1.82) is 0 Å². The van der Waals surface area contributed by atoms with Crippen LogP contribution < -0.4 is 0 Å². The van der Waals surface area contributed by atoms with E-state index >= 15 is 0 Å². The molecule has 1 atom stereocenters. The van der Waals surface area contributed by atoms with Gasteiger partial charge in [0.2, 0.25) is 0 Å². The van der Waals surface area contributed by atoms with E-state index in [1.165, 1.54) is 12.8 Å². The summed E-state index contributed by atoms with van der Waals surface area (Å²) in [6.07, 6.45) is 4.63. The first kappa shape index (κ1) is 11.3. The summed E-state index contributed by atoms with van der Waals surface area (Å²) in [5, 5.41) is 0.593. The van der Waals surface area contributed by atoms with Crippen LogP contribution in [0.5, 0.6) is 0 Å². The van der Waals surface area contributed by atoms with Crippen LogP contribution in [0.2, 0.25) is 0 Å². The molecule has 1 unspecified atom stereocenters. The van der Waals surface area contributed by atoms with Crippen molar-refractivity contribution in [3.8, 4) is 0 Å². The van der Waals surface area contributed by atoms with E-state index in [-0.39, 0.29) is 5.60 Å². The van der Waals surface area contributed by atoms with Crippen LogP contribution in [0.25, 0.3) is 0 Å². The summed E-state index contributed by atoms with van der Waals surface area (Å²) in [6, 6.07) is 0. The molecular formula is C10H21NOS. The average molecular weight is 203 g/mol. The lowest BCUT2D eigenvalue weighted by molar-refractivity contribution is 0.0340. The first-order valence-corrected chi connectivity index (χ1v) is 6.23. The molecular weight excluding hydrogens is 182 g/mol. The Morgan fingerprint density at radius 2 is 2.15 bits per heavy atom. The summed E-state index contributed by atoms with van der Waals surface area (Å²) in [5.41, 5.74) is 0.240. The Morgan fingerprint density at radius 3 is 2.62 bits per heavy atom. The average Bonchev–Trinajstić information content (AvgIpc) is 2.82. The lowest BCUT2D eigenvalue weighted by Crippen LogP contribution is -2.30. The number of hydrogen-bond acceptors (Lipinski definition) is 3. The van der Waals surface area contributed by atoms with Gasteiger partial charge in [-0.2, -0.15) is 0 Å². The van der Waals surface area contributed by atoms with Crippen LogP contribution >= 0.6 is 11.8 Å². The molecule has 3 heteroatoms. The number of nitrogens with zero attached hydrogens (tertiary/aromatic N) is 1. The summed E-state index contributed by atoms with van der Waals surface area (Å²) in [7, 11) is 2.15. The molecule has 0 bridgehead atoms. The van der Waals surface area contributed by atoms with Crippen LogP contribution in [0.3, 0.4) is 0 Å². The quantitative estimate of drug-likeness (QED) is 0.614. The highest BCUT2D eigenvalue weighted by Gasteiger charge is 2.38. The SMILES string of the molecule is CSC(C)N(C)CCOC1(C)CC1. The van der Waals surface area contributed by atoms with E-state index in [4.69, 9.17) is 4.74 Å². The van der Waals surface area contributed by atoms with Gasteiger partial charge in [0.05, 0.1) is 17.6 Å². The van der Waals surface area contributed by atoms with E-state index in [0.29, 0.717) is 5.37 Å². The van der Waals surface area contributed by atoms with Crippen LogP contribution in [0.15, 0.2) is 0 Å². The Balaban J connectivity index is 2.04. The van der Waals surface area contributed by atoms with Gasteiger partial charge in [0.15, 0.2) is 0 Å². The van der Waals surface area contributed by atoms with Crippen molar-refractivity contribution in [3.63, 3.8) is 0 Å². The minimum absolute atomic E-state index is 0.240. The standard InChI is InChI=1S/C10H21NOS/c1-9(13-4)11(3)7-8-12-10(2)5-6-10/h9H,5-8H2,1-4H3. The Bertz CT molecular complexity index is 159. The third-order valence-corrected chi connectivity index (χ3v) is 3.85. The Hall–Kier alpha value is 0.270. The molecule has 1 aliphatic rings. The van der Waals surface area contributed by atoms with Crippen molar-refractivity contribution >= 4 is 11.8 Å². The van der Waals surface area contributed by atoms with E-state index in [1.54, 1.807) is 0 Å². The Morgan fingerprint density at radius 1 is 1.54 bits per heavy atom. The van der Waals surface area contributed by atoms with E-state index in [2.05, 4.69) is 32.1 Å². The topological polar surface area (TPSA) is 12.5 Å². The highest BCUT2D eigenvalue weighted by molar-refractivity contribution is 7.99. The van der Waals surface area contributed by atoms with Gasteiger partial charge in [0, 0.05) is 6.54 Å². The fourth-order valence-electron chi connectivity index (χ4n) is 1.12. The van der Waals surface area contributed by atoms with Gasteiger partial charge in [0.25, 0.3) is 0 Å². The first-order valence-electron chi connectivity index (χ1n) is 4.94. The maximum Gasteiger partial charge on any atom is 0.0657 e. The summed E-state index contributed by atoms with van der Waals surface area (Å²) in [4.78, 5) is 2.33. The number of rotatable bonds is 6. The molecule has 1 saturated carbocycles. The molecule has 0 aromatic rings. The normalized spacial score (nSPS) is 21.9. The van der Waals surface area contributed by atoms with Crippen molar-refractivity contribution in [1.82, 2.24) is 4.90 Å². The molecule has 0 aromatic carbocycles. The number of likely N-dealkylation sites (N-methyl/N-ethyl adjacent to an activating group) is 1. The molecule has 0 aliphatic heterocycles. The second kappa shape index (κ2) is 4.67. The first-order chi connectivity index (χ1) is 6.07. The Labute approximate surface area is 86.0 Å². The minimum Gasteiger partial charge on any atom is -0.374 e. The monoisotopic (exact) mass is 203 g/mol. The zero-order valence-electron chi connectivity index (χ0n) is 9.17. The lowest BCUT2D eigenvalue weighted by Gasteiger charge is -2.23. The molecule has 0 amide bonds. The third kappa shape index (κ3) is 3.88. The van der Waals surface area contributed by atoms with Gasteiger partial charge >= 0.3 is 0 Å². The van der Waals surface area contributed by atoms with Crippen molar-refractivity contribution in [3.05, 3.63) is 0 Å². The van der Waals surface area contributed by atoms with Crippen LogP contribution in [0.1, 0.15) is 26.7 Å². The van der Waals surface area contributed by atoms with Crippen LogP contribution in [-0.4, -0.2) is 42.3 Å². The van der Waals surface area contributed by atoms with Crippen molar-refractivity contribution in [2.45, 2.75) is 37.7 Å². The van der Waals surface area contributed by atoms with E-state index in [9.17, 15) is 0 Å². The van der Waals surface area contributed by atoms with Gasteiger partial charge in [0.1, 0.15) is 0 Å². The molecule has 0 radical (unpaired) electrons. The number of thioether (sulfide) groups is 1. The molecule has 1 fully saturated rings. The van der Waals surface area contributed by atoms with Gasteiger partial charge in [-0.05, 0) is 40.0 Å². The zero-order chi connectivity index (χ0) is 9.90. The summed E-state index contributed by atoms with van der Waals surface area (Å²) in [6.45, 7) is 6.34. The van der Waals surface area contributed by atoms with E-state index < -0.39 is 0 Å². The molecule has 0 N–H and O–H groups in total. The molecule has 0 spiro atoms. The molecule has 13 heavy (non-hydrogen) atoms. The highest BCUT2D eigenvalue weighted by atomic mass is 32.2. The maximum absolute atomic E-state index is 5.75. The van der Waals surface area contributed by atoms with E-state index in [1.807, 2.05) is 11.8 Å². The molecule has 2 nitrogen and oxygen atoms in total. The predicted octanol–water partition coefficient (Wildman–Crippen LogP) is 2.20. The second-order valence-electron chi connectivity index (χ2n) is 4.11. The van der Waals surface area contributed by atoms with Gasteiger partial charge in [-0.3, -0.25) is 4.90 Å². The zero-order valence-corrected chi connectivity index (χ0v) is 9.99. The molecule has 0 saturated heterocycles. The Kier molecular flexibility index (Phi) is 4.07. The van der Waals surface area contributed by atoms with E-state index in [0.717, 1.165) is 13.2 Å². The summed E-state index contributed by atoms with van der Waals surface area (Å²) < 4.78 is 5.75. The number of ether oxygens (including phenoxy) is 1. The van der Waals surface area contributed by atoms with Crippen LogP contribution in [0, 0.1) is 0 Å². The molecule has 1 aliphatic carbocycles. The van der Waals surface area contributed by atoms with Crippen molar-refractivity contribution < 1.29 is 4.74 Å². The maximum atomic E-state index is 5.75. The minimum atomic E-state index is 0.240.